The van der Waals surface area contributed by atoms with Gasteiger partial charge >= 0.3 is 0 Å². The van der Waals surface area contributed by atoms with Crippen molar-refractivity contribution in [3.63, 3.8) is 0 Å². The fraction of sp³-hybridized carbons (Fsp3) is 0.400. The van der Waals surface area contributed by atoms with Crippen molar-refractivity contribution in [1.29, 1.82) is 0 Å². The minimum absolute atomic E-state index is 1.02. The van der Waals surface area contributed by atoms with Crippen molar-refractivity contribution < 1.29 is 0 Å². The van der Waals surface area contributed by atoms with E-state index in [0.717, 1.165) is 24.5 Å². The lowest BCUT2D eigenvalue weighted by Gasteiger charge is -2.01. The van der Waals surface area contributed by atoms with Crippen molar-refractivity contribution in [3.8, 4) is 10.6 Å². The van der Waals surface area contributed by atoms with Crippen molar-refractivity contribution in [2.45, 2.75) is 26.2 Å². The predicted molar refractivity (Wildman–Crippen MR) is 79.0 cm³/mol. The van der Waals surface area contributed by atoms with Gasteiger partial charge in [-0.3, -0.25) is 0 Å². The van der Waals surface area contributed by atoms with Crippen LogP contribution in [0.5, 0.6) is 0 Å². The average Bonchev–Trinajstić information content (AvgIpc) is 2.88. The molecule has 0 atom stereocenters. The molecule has 0 radical (unpaired) electrons. The molecule has 0 aliphatic rings. The number of nitrogens with one attached hydrogen (secondary N) is 1. The highest BCUT2D eigenvalue weighted by atomic mass is 32.1. The summed E-state index contributed by atoms with van der Waals surface area (Å²) >= 11 is 1.73. The van der Waals surface area contributed by atoms with Gasteiger partial charge in [-0.15, -0.1) is 11.3 Å². The van der Waals surface area contributed by atoms with Gasteiger partial charge in [0.05, 0.1) is 5.69 Å². The average molecular weight is 260 g/mol. The number of benzene rings is 1. The minimum atomic E-state index is 1.02. The SMILES string of the molecule is CCCCNCCc1csc(-c2ccccc2)n1. The van der Waals surface area contributed by atoms with Gasteiger partial charge in [-0.2, -0.15) is 0 Å². The number of nitrogens with zero attached hydrogens (tertiary/aromatic N) is 1. The van der Waals surface area contributed by atoms with E-state index >= 15 is 0 Å². The number of unbranched alkanes of at least 4 members (excludes halogenated alkanes) is 1. The molecule has 0 aliphatic carbocycles. The van der Waals surface area contributed by atoms with Crippen LogP contribution in [0.3, 0.4) is 0 Å². The Bertz CT molecular complexity index is 451. The zero-order chi connectivity index (χ0) is 12.6. The highest BCUT2D eigenvalue weighted by Crippen LogP contribution is 2.23. The summed E-state index contributed by atoms with van der Waals surface area (Å²) in [6.07, 6.45) is 3.53. The summed E-state index contributed by atoms with van der Waals surface area (Å²) in [5.74, 6) is 0. The first kappa shape index (κ1) is 13.2. The van der Waals surface area contributed by atoms with Crippen LogP contribution in [-0.4, -0.2) is 18.1 Å². The van der Waals surface area contributed by atoms with Crippen molar-refractivity contribution in [3.05, 3.63) is 41.4 Å². The summed E-state index contributed by atoms with van der Waals surface area (Å²) < 4.78 is 0. The van der Waals surface area contributed by atoms with E-state index in [1.54, 1.807) is 11.3 Å². The Labute approximate surface area is 113 Å². The second kappa shape index (κ2) is 7.29. The molecule has 0 fully saturated rings. The molecule has 0 saturated carbocycles. The van der Waals surface area contributed by atoms with Crippen molar-refractivity contribution in [2.75, 3.05) is 13.1 Å². The van der Waals surface area contributed by atoms with Gasteiger partial charge in [-0.25, -0.2) is 4.98 Å². The lowest BCUT2D eigenvalue weighted by atomic mass is 10.2. The molecule has 0 spiro atoms. The molecular formula is C15H20N2S. The molecule has 18 heavy (non-hydrogen) atoms. The highest BCUT2D eigenvalue weighted by Gasteiger charge is 2.03. The molecule has 1 N–H and O–H groups in total. The van der Waals surface area contributed by atoms with E-state index in [1.165, 1.54) is 24.1 Å². The molecule has 2 aromatic rings. The summed E-state index contributed by atoms with van der Waals surface area (Å²) in [6, 6.07) is 10.4. The van der Waals surface area contributed by atoms with Crippen molar-refractivity contribution in [1.82, 2.24) is 10.3 Å². The largest absolute Gasteiger partial charge is 0.316 e. The molecule has 96 valence electrons. The van der Waals surface area contributed by atoms with Crippen LogP contribution in [-0.2, 0) is 6.42 Å². The van der Waals surface area contributed by atoms with Gasteiger partial charge in [0, 0.05) is 23.9 Å². The topological polar surface area (TPSA) is 24.9 Å². The molecule has 0 saturated heterocycles. The van der Waals surface area contributed by atoms with Crippen LogP contribution in [0.4, 0.5) is 0 Å². The lowest BCUT2D eigenvalue weighted by Crippen LogP contribution is -2.18. The van der Waals surface area contributed by atoms with Gasteiger partial charge in [0.15, 0.2) is 0 Å². The molecule has 1 heterocycles. The maximum Gasteiger partial charge on any atom is 0.123 e. The van der Waals surface area contributed by atoms with E-state index in [-0.39, 0.29) is 0 Å². The maximum atomic E-state index is 4.68. The van der Waals surface area contributed by atoms with E-state index in [1.807, 2.05) is 6.07 Å². The molecule has 1 aromatic heterocycles. The second-order valence-corrected chi connectivity index (χ2v) is 5.22. The third-order valence-corrected chi connectivity index (χ3v) is 3.78. The predicted octanol–water partition coefficient (Wildman–Crippen LogP) is 3.74. The van der Waals surface area contributed by atoms with E-state index in [2.05, 4.69) is 46.9 Å². The zero-order valence-electron chi connectivity index (χ0n) is 10.9. The Balaban J connectivity index is 1.83. The van der Waals surface area contributed by atoms with E-state index in [9.17, 15) is 0 Å². The van der Waals surface area contributed by atoms with Gasteiger partial charge in [0.25, 0.3) is 0 Å². The molecule has 1 aromatic carbocycles. The Morgan fingerprint density at radius 3 is 2.78 bits per heavy atom. The Morgan fingerprint density at radius 2 is 2.00 bits per heavy atom. The smallest absolute Gasteiger partial charge is 0.123 e. The van der Waals surface area contributed by atoms with Crippen LogP contribution in [0.25, 0.3) is 10.6 Å². The first-order chi connectivity index (χ1) is 8.90. The number of rotatable bonds is 7. The molecule has 0 aliphatic heterocycles. The van der Waals surface area contributed by atoms with E-state index in [4.69, 9.17) is 0 Å². The maximum absolute atomic E-state index is 4.68. The summed E-state index contributed by atoms with van der Waals surface area (Å²) in [6.45, 7) is 4.36. The Kier molecular flexibility index (Phi) is 5.36. The van der Waals surface area contributed by atoms with E-state index < -0.39 is 0 Å². The molecule has 0 amide bonds. The third-order valence-electron chi connectivity index (χ3n) is 2.84. The molecular weight excluding hydrogens is 240 g/mol. The summed E-state index contributed by atoms with van der Waals surface area (Å²) in [5.41, 5.74) is 2.41. The summed E-state index contributed by atoms with van der Waals surface area (Å²) in [5, 5.41) is 6.74. The molecule has 2 rings (SSSR count). The first-order valence-corrected chi connectivity index (χ1v) is 7.48. The van der Waals surface area contributed by atoms with Crippen LogP contribution in [0, 0.1) is 0 Å². The molecule has 2 nitrogen and oxygen atoms in total. The van der Waals surface area contributed by atoms with Crippen molar-refractivity contribution >= 4 is 11.3 Å². The van der Waals surface area contributed by atoms with Crippen LogP contribution in [0.1, 0.15) is 25.5 Å². The second-order valence-electron chi connectivity index (χ2n) is 4.36. The van der Waals surface area contributed by atoms with Gasteiger partial charge in [-0.1, -0.05) is 43.7 Å². The first-order valence-electron chi connectivity index (χ1n) is 6.60. The van der Waals surface area contributed by atoms with Crippen LogP contribution >= 0.6 is 11.3 Å². The van der Waals surface area contributed by atoms with Crippen LogP contribution < -0.4 is 5.32 Å². The molecule has 0 bridgehead atoms. The monoisotopic (exact) mass is 260 g/mol. The van der Waals surface area contributed by atoms with Crippen molar-refractivity contribution in [2.24, 2.45) is 0 Å². The Hall–Kier alpha value is -1.19. The number of hydrogen-bond donors (Lipinski definition) is 1. The molecule has 3 heteroatoms. The number of hydrogen-bond acceptors (Lipinski definition) is 3. The van der Waals surface area contributed by atoms with Gasteiger partial charge < -0.3 is 5.32 Å². The standard InChI is InChI=1S/C15H20N2S/c1-2-3-10-16-11-9-14-12-18-15(17-14)13-7-5-4-6-8-13/h4-8,12,16H,2-3,9-11H2,1H3. The fourth-order valence-electron chi connectivity index (χ4n) is 1.78. The lowest BCUT2D eigenvalue weighted by molar-refractivity contribution is 0.637. The van der Waals surface area contributed by atoms with Crippen LogP contribution in [0.2, 0.25) is 0 Å². The number of aromatic nitrogens is 1. The highest BCUT2D eigenvalue weighted by molar-refractivity contribution is 7.13. The zero-order valence-corrected chi connectivity index (χ0v) is 11.7. The quantitative estimate of drug-likeness (QED) is 0.767. The minimum Gasteiger partial charge on any atom is -0.316 e. The van der Waals surface area contributed by atoms with Gasteiger partial charge in [0.2, 0.25) is 0 Å². The normalized spacial score (nSPS) is 10.7. The Morgan fingerprint density at radius 1 is 1.17 bits per heavy atom. The fourth-order valence-corrected chi connectivity index (χ4v) is 2.64. The van der Waals surface area contributed by atoms with Crippen LogP contribution in [0.15, 0.2) is 35.7 Å². The third kappa shape index (κ3) is 3.93. The van der Waals surface area contributed by atoms with Gasteiger partial charge in [-0.05, 0) is 13.0 Å². The van der Waals surface area contributed by atoms with Gasteiger partial charge in [0.1, 0.15) is 5.01 Å². The summed E-state index contributed by atoms with van der Waals surface area (Å²) in [7, 11) is 0. The van der Waals surface area contributed by atoms with E-state index in [0.29, 0.717) is 0 Å². The molecule has 0 unspecified atom stereocenters. The summed E-state index contributed by atoms with van der Waals surface area (Å²) in [4.78, 5) is 4.68. The number of thiazole rings is 1.